The van der Waals surface area contributed by atoms with E-state index in [4.69, 9.17) is 16.3 Å². The fraction of sp³-hybridized carbons (Fsp3) is 0.545. The van der Waals surface area contributed by atoms with Crippen molar-refractivity contribution in [2.75, 3.05) is 18.3 Å². The van der Waals surface area contributed by atoms with E-state index >= 15 is 0 Å². The first-order chi connectivity index (χ1) is 7.28. The van der Waals surface area contributed by atoms with Gasteiger partial charge in [-0.05, 0) is 25.3 Å². The Morgan fingerprint density at radius 2 is 2.40 bits per heavy atom. The molecular weight excluding hydrogens is 212 g/mol. The van der Waals surface area contributed by atoms with Crippen molar-refractivity contribution in [3.8, 4) is 5.88 Å². The lowest BCUT2D eigenvalue weighted by molar-refractivity contribution is 0.311. The zero-order chi connectivity index (χ0) is 10.7. The molecule has 1 fully saturated rings. The molecule has 0 spiro atoms. The number of hydrogen-bond donors (Lipinski definition) is 1. The van der Waals surface area contributed by atoms with E-state index in [0.29, 0.717) is 11.8 Å². The molecule has 0 aromatic carbocycles. The van der Waals surface area contributed by atoms with Crippen LogP contribution in [0.25, 0.3) is 0 Å². The van der Waals surface area contributed by atoms with Crippen LogP contribution in [0.5, 0.6) is 5.88 Å². The van der Waals surface area contributed by atoms with Gasteiger partial charge in [0.1, 0.15) is 0 Å². The number of ether oxygens (including phenoxy) is 1. The van der Waals surface area contributed by atoms with E-state index in [2.05, 4.69) is 10.3 Å². The highest BCUT2D eigenvalue weighted by Gasteiger charge is 2.35. The highest BCUT2D eigenvalue weighted by molar-refractivity contribution is 6.19. The number of halogens is 1. The minimum Gasteiger partial charge on any atom is -0.481 e. The molecule has 0 bridgehead atoms. The first kappa shape index (κ1) is 10.6. The van der Waals surface area contributed by atoms with Gasteiger partial charge in [-0.2, -0.15) is 0 Å². The Bertz CT molecular complexity index is 334. The molecule has 1 aromatic heterocycles. The van der Waals surface area contributed by atoms with E-state index in [9.17, 15) is 0 Å². The van der Waals surface area contributed by atoms with Crippen LogP contribution in [0.1, 0.15) is 19.3 Å². The lowest BCUT2D eigenvalue weighted by Crippen LogP contribution is -2.46. The van der Waals surface area contributed by atoms with Gasteiger partial charge in [0.2, 0.25) is 5.88 Å². The maximum absolute atomic E-state index is 5.97. The number of pyridine rings is 1. The number of rotatable bonds is 4. The van der Waals surface area contributed by atoms with E-state index in [-0.39, 0.29) is 5.54 Å². The van der Waals surface area contributed by atoms with Gasteiger partial charge in [-0.25, -0.2) is 4.98 Å². The molecule has 0 radical (unpaired) electrons. The Balaban J connectivity index is 2.09. The summed E-state index contributed by atoms with van der Waals surface area (Å²) in [6, 6.07) is 3.84. The molecule has 1 aromatic rings. The molecular formula is C11H15ClN2O. The Morgan fingerprint density at radius 3 is 2.93 bits per heavy atom. The van der Waals surface area contributed by atoms with Gasteiger partial charge < -0.3 is 10.1 Å². The largest absolute Gasteiger partial charge is 0.481 e. The van der Waals surface area contributed by atoms with Gasteiger partial charge in [-0.15, -0.1) is 11.6 Å². The molecule has 15 heavy (non-hydrogen) atoms. The van der Waals surface area contributed by atoms with Gasteiger partial charge in [0.05, 0.1) is 12.6 Å². The van der Waals surface area contributed by atoms with Crippen molar-refractivity contribution in [2.45, 2.75) is 24.8 Å². The number of methoxy groups -OCH3 is 1. The molecule has 0 atom stereocenters. The van der Waals surface area contributed by atoms with E-state index in [1.54, 1.807) is 13.3 Å². The summed E-state index contributed by atoms with van der Waals surface area (Å²) in [4.78, 5) is 4.06. The molecule has 0 saturated heterocycles. The van der Waals surface area contributed by atoms with Gasteiger partial charge in [0.15, 0.2) is 0 Å². The van der Waals surface area contributed by atoms with Crippen molar-refractivity contribution in [2.24, 2.45) is 0 Å². The Morgan fingerprint density at radius 1 is 1.60 bits per heavy atom. The Labute approximate surface area is 94.8 Å². The monoisotopic (exact) mass is 226 g/mol. The second-order valence-electron chi connectivity index (χ2n) is 3.98. The Kier molecular flexibility index (Phi) is 3.00. The molecule has 82 valence electrons. The summed E-state index contributed by atoms with van der Waals surface area (Å²) >= 11 is 5.97. The van der Waals surface area contributed by atoms with Crippen molar-refractivity contribution < 1.29 is 4.74 Å². The quantitative estimate of drug-likeness (QED) is 0.802. The molecule has 3 nitrogen and oxygen atoms in total. The summed E-state index contributed by atoms with van der Waals surface area (Å²) in [5.41, 5.74) is 1.12. The zero-order valence-corrected chi connectivity index (χ0v) is 9.55. The summed E-state index contributed by atoms with van der Waals surface area (Å²) in [5.74, 6) is 1.28. The highest BCUT2D eigenvalue weighted by atomic mass is 35.5. The Hall–Kier alpha value is -0.960. The molecule has 0 aliphatic heterocycles. The zero-order valence-electron chi connectivity index (χ0n) is 8.79. The summed E-state index contributed by atoms with van der Waals surface area (Å²) in [6.07, 6.45) is 5.27. The number of nitrogens with one attached hydrogen (secondary N) is 1. The fourth-order valence-corrected chi connectivity index (χ4v) is 2.13. The lowest BCUT2D eigenvalue weighted by atomic mass is 9.78. The number of alkyl halides is 1. The minimum absolute atomic E-state index is 0.0912. The van der Waals surface area contributed by atoms with Gasteiger partial charge in [-0.1, -0.05) is 0 Å². The van der Waals surface area contributed by atoms with Crippen LogP contribution in [0, 0.1) is 0 Å². The topological polar surface area (TPSA) is 34.1 Å². The molecule has 1 aliphatic carbocycles. The average Bonchev–Trinajstić information content (AvgIpc) is 2.24. The van der Waals surface area contributed by atoms with E-state index in [1.165, 1.54) is 6.42 Å². The van der Waals surface area contributed by atoms with Crippen LogP contribution in [0.2, 0.25) is 0 Å². The smallest absolute Gasteiger partial charge is 0.214 e. The number of hydrogen-bond acceptors (Lipinski definition) is 3. The molecule has 2 rings (SSSR count). The predicted molar refractivity (Wildman–Crippen MR) is 61.7 cm³/mol. The minimum atomic E-state index is 0.0912. The predicted octanol–water partition coefficient (Wildman–Crippen LogP) is 2.66. The first-order valence-corrected chi connectivity index (χ1v) is 5.66. The molecule has 1 N–H and O–H groups in total. The van der Waals surface area contributed by atoms with Crippen molar-refractivity contribution in [3.63, 3.8) is 0 Å². The number of aromatic nitrogens is 1. The number of nitrogens with zero attached hydrogens (tertiary/aromatic N) is 1. The van der Waals surface area contributed by atoms with Gasteiger partial charge in [0.25, 0.3) is 0 Å². The van der Waals surface area contributed by atoms with E-state index in [1.807, 2.05) is 12.1 Å². The molecule has 0 amide bonds. The molecule has 1 aliphatic rings. The second-order valence-corrected chi connectivity index (χ2v) is 4.25. The maximum Gasteiger partial charge on any atom is 0.214 e. The molecule has 4 heteroatoms. The van der Waals surface area contributed by atoms with Crippen LogP contribution in [-0.2, 0) is 0 Å². The average molecular weight is 227 g/mol. The van der Waals surface area contributed by atoms with Gasteiger partial charge >= 0.3 is 0 Å². The normalized spacial score (nSPS) is 18.0. The van der Waals surface area contributed by atoms with Crippen LogP contribution in [0.3, 0.4) is 0 Å². The first-order valence-electron chi connectivity index (χ1n) is 5.12. The van der Waals surface area contributed by atoms with Crippen LogP contribution < -0.4 is 10.1 Å². The summed E-state index contributed by atoms with van der Waals surface area (Å²) < 4.78 is 5.07. The number of anilines is 1. The van der Waals surface area contributed by atoms with Crippen LogP contribution in [0.4, 0.5) is 5.69 Å². The summed E-state index contributed by atoms with van der Waals surface area (Å²) in [5, 5.41) is 3.46. The molecule has 0 unspecified atom stereocenters. The van der Waals surface area contributed by atoms with Crippen molar-refractivity contribution in [1.82, 2.24) is 4.98 Å². The summed E-state index contributed by atoms with van der Waals surface area (Å²) in [6.45, 7) is 0. The third-order valence-electron chi connectivity index (χ3n) is 2.92. The highest BCUT2D eigenvalue weighted by Crippen LogP contribution is 2.36. The van der Waals surface area contributed by atoms with Gasteiger partial charge in [-0.3, -0.25) is 0 Å². The van der Waals surface area contributed by atoms with Gasteiger partial charge in [0, 0.05) is 23.8 Å². The molecule has 1 heterocycles. The van der Waals surface area contributed by atoms with E-state index in [0.717, 1.165) is 18.5 Å². The van der Waals surface area contributed by atoms with Crippen LogP contribution >= 0.6 is 11.6 Å². The van der Waals surface area contributed by atoms with Crippen molar-refractivity contribution in [3.05, 3.63) is 18.3 Å². The maximum atomic E-state index is 5.97. The van der Waals surface area contributed by atoms with Crippen molar-refractivity contribution >= 4 is 17.3 Å². The fourth-order valence-electron chi connectivity index (χ4n) is 1.80. The molecule has 1 saturated carbocycles. The third kappa shape index (κ3) is 2.17. The van der Waals surface area contributed by atoms with Crippen LogP contribution in [0.15, 0.2) is 18.3 Å². The standard InChI is InChI=1S/C11H15ClN2O/c1-15-10-7-9(3-6-13-10)14-11(8-12)4-2-5-11/h3,6-7H,2,4-5,8H2,1H3,(H,13,14). The third-order valence-corrected chi connectivity index (χ3v) is 3.43. The lowest BCUT2D eigenvalue weighted by Gasteiger charge is -2.41. The summed E-state index contributed by atoms with van der Waals surface area (Å²) in [7, 11) is 1.62. The SMILES string of the molecule is COc1cc(NC2(CCl)CCC2)ccn1. The van der Waals surface area contributed by atoms with Crippen molar-refractivity contribution in [1.29, 1.82) is 0 Å². The van der Waals surface area contributed by atoms with E-state index < -0.39 is 0 Å². The van der Waals surface area contributed by atoms with Crippen LogP contribution in [-0.4, -0.2) is 23.5 Å². The second kappa shape index (κ2) is 4.27.